The Morgan fingerprint density at radius 3 is 0.876 bits per heavy atom. The second kappa shape index (κ2) is 39.4. The summed E-state index contributed by atoms with van der Waals surface area (Å²) in [4.78, 5) is 0. The van der Waals surface area contributed by atoms with Crippen LogP contribution in [-0.2, 0) is 21.1 Å². The van der Waals surface area contributed by atoms with Gasteiger partial charge in [-0.3, -0.25) is 0 Å². The average molecular weight is 1770 g/mol. The van der Waals surface area contributed by atoms with Crippen LogP contribution in [-0.4, -0.2) is 27.4 Å². The molecule has 668 valence electrons. The maximum Gasteiger partial charge on any atom is 0.0619 e. The number of aromatic nitrogens is 6. The van der Waals surface area contributed by atoms with Gasteiger partial charge in [0.2, 0.25) is 0 Å². The molecule has 0 atom stereocenters. The topological polar surface area (TPSA) is 29.6 Å². The fourth-order valence-electron chi connectivity index (χ4n) is 20.4. The quantitative estimate of drug-likeness (QED) is 0.164. The smallest absolute Gasteiger partial charge is 0.0619 e. The third kappa shape index (κ3) is 16.4. The van der Waals surface area contributed by atoms with E-state index >= 15 is 0 Å². The lowest BCUT2D eigenvalue weighted by Crippen LogP contribution is -1.93. The summed E-state index contributed by atoms with van der Waals surface area (Å²) in [5, 5.41) is 28.9. The SMILES string of the molecule is C.C.C.C.C.C.Cn1c2ccccc2c2c3ccccc3ccc21.Cn1c2ccccc2c2cc3ccccc3cc21.Cn1c2ccccc2c2ccc3ccccc3c21.c1ccc(-c2ccc3c(c2)c2cc(-c4ccccc4)ccc2n3-c2ccccc2)cc1.c1ccc(-n2c3ccccc3c3c4ccccc4ccc32)cc1.c1ccc(-n2c3ccccc3c3ccc4ccccc4c32)cc1. The van der Waals surface area contributed by atoms with Gasteiger partial charge in [-0.1, -0.05) is 421 Å². The van der Waals surface area contributed by atoms with Crippen molar-refractivity contribution in [3.63, 3.8) is 0 Å². The second-order valence-corrected chi connectivity index (χ2v) is 33.9. The van der Waals surface area contributed by atoms with E-state index in [4.69, 9.17) is 0 Å². The highest BCUT2D eigenvalue weighted by Gasteiger charge is 2.20. The van der Waals surface area contributed by atoms with Crippen molar-refractivity contribution >= 4 is 185 Å². The lowest BCUT2D eigenvalue weighted by Gasteiger charge is -2.09. The van der Waals surface area contributed by atoms with Gasteiger partial charge in [0.1, 0.15) is 0 Å². The average Bonchev–Trinajstić information content (AvgIpc) is 1.57. The van der Waals surface area contributed by atoms with E-state index in [1.165, 1.54) is 224 Å². The molecule has 0 spiro atoms. The molecule has 0 saturated carbocycles. The molecule has 28 aromatic rings. The first-order valence-corrected chi connectivity index (χ1v) is 45.0. The molecule has 6 nitrogen and oxygen atoms in total. The number of benzene rings is 22. The highest BCUT2D eigenvalue weighted by atomic mass is 15.0. The molecule has 0 aliphatic carbocycles. The minimum absolute atomic E-state index is 0. The summed E-state index contributed by atoms with van der Waals surface area (Å²) in [5.74, 6) is 0. The molecule has 6 aromatic heterocycles. The molecule has 0 aliphatic heterocycles. The Bertz CT molecular complexity index is 9050. The van der Waals surface area contributed by atoms with E-state index in [-0.39, 0.29) is 44.6 Å². The Labute approximate surface area is 802 Å². The van der Waals surface area contributed by atoms with Gasteiger partial charge in [-0.2, -0.15) is 0 Å². The number of hydrogen-bond acceptors (Lipinski definition) is 0. The van der Waals surface area contributed by atoms with Gasteiger partial charge < -0.3 is 27.4 Å². The lowest BCUT2D eigenvalue weighted by molar-refractivity contribution is 1.01. The zero-order valence-electron chi connectivity index (χ0n) is 72.9. The van der Waals surface area contributed by atoms with Crippen molar-refractivity contribution in [2.75, 3.05) is 0 Å². The first-order valence-electron chi connectivity index (χ1n) is 45.0. The minimum Gasteiger partial charge on any atom is -0.344 e. The summed E-state index contributed by atoms with van der Waals surface area (Å²) in [5.41, 5.74) is 23.9. The van der Waals surface area contributed by atoms with E-state index in [0.29, 0.717) is 0 Å². The summed E-state index contributed by atoms with van der Waals surface area (Å²) in [6.07, 6.45) is 0. The van der Waals surface area contributed by atoms with Crippen molar-refractivity contribution in [3.8, 4) is 39.3 Å². The zero-order valence-corrected chi connectivity index (χ0v) is 72.9. The lowest BCUT2D eigenvalue weighted by atomic mass is 10.0. The molecule has 0 radical (unpaired) electrons. The van der Waals surface area contributed by atoms with Gasteiger partial charge in [0, 0.05) is 141 Å². The minimum atomic E-state index is 0. The molecule has 6 heterocycles. The highest BCUT2D eigenvalue weighted by Crippen LogP contribution is 2.43. The number of para-hydroxylation sites is 8. The molecule has 137 heavy (non-hydrogen) atoms. The number of hydrogen-bond donors (Lipinski definition) is 0. The Morgan fingerprint density at radius 2 is 0.401 bits per heavy atom. The Kier molecular flexibility index (Phi) is 26.4. The van der Waals surface area contributed by atoms with Crippen LogP contribution >= 0.6 is 0 Å². The molecule has 22 aromatic carbocycles. The molecule has 0 saturated heterocycles. The summed E-state index contributed by atoms with van der Waals surface area (Å²) in [6.45, 7) is 0. The van der Waals surface area contributed by atoms with E-state index in [9.17, 15) is 0 Å². The first-order chi connectivity index (χ1) is 64.8. The van der Waals surface area contributed by atoms with E-state index in [2.05, 4.69) is 540 Å². The number of aryl methyl sites for hydroxylation is 3. The van der Waals surface area contributed by atoms with E-state index in [1.54, 1.807) is 0 Å². The third-order valence-corrected chi connectivity index (χ3v) is 26.5. The molecular formula is C131H114N6. The van der Waals surface area contributed by atoms with Crippen LogP contribution in [0.5, 0.6) is 0 Å². The third-order valence-electron chi connectivity index (χ3n) is 26.5. The molecule has 0 unspecified atom stereocenters. The van der Waals surface area contributed by atoms with Crippen molar-refractivity contribution in [2.45, 2.75) is 44.6 Å². The van der Waals surface area contributed by atoms with Crippen LogP contribution in [0.4, 0.5) is 0 Å². The van der Waals surface area contributed by atoms with Crippen LogP contribution in [0.1, 0.15) is 44.6 Å². The summed E-state index contributed by atoms with van der Waals surface area (Å²) < 4.78 is 14.0. The van der Waals surface area contributed by atoms with Crippen LogP contribution in [0.25, 0.3) is 224 Å². The number of nitrogens with zero attached hydrogens (tertiary/aromatic N) is 6. The first kappa shape index (κ1) is 91.8. The van der Waals surface area contributed by atoms with Crippen LogP contribution in [0, 0.1) is 0 Å². The van der Waals surface area contributed by atoms with Crippen molar-refractivity contribution in [1.29, 1.82) is 0 Å². The number of fused-ring (bicyclic) bond motifs is 27. The second-order valence-electron chi connectivity index (χ2n) is 33.9. The van der Waals surface area contributed by atoms with Gasteiger partial charge in [-0.05, 0) is 181 Å². The Balaban J connectivity index is 0.000000114. The fourth-order valence-corrected chi connectivity index (χ4v) is 20.4. The normalized spacial score (nSPS) is 11.0. The predicted octanol–water partition coefficient (Wildman–Crippen LogP) is 37.3. The molecule has 28 rings (SSSR count). The van der Waals surface area contributed by atoms with Gasteiger partial charge in [0.25, 0.3) is 0 Å². The fraction of sp³-hybridized carbons (Fsp3) is 0.0687. The standard InChI is InChI=1S/C30H21N.2C22H15N.3C17H13N.6CH4/c1-4-10-22(11-5-1)24-16-18-29-27(20-24)28-21-25(23-12-6-2-7-13-23)17-19-30(28)31(29)26-14-8-3-9-15-26;1-2-9-17(10-3-1)23-21-13-7-6-12-19(21)20-15-14-16-8-4-5-11-18(16)22(20)23;1-2-9-17(10-3-1)23-20-13-7-6-12-19(20)22-18-11-5-4-8-16(18)14-15-21(22)23;1-18-16-9-5-4-8-14(16)15-10-12-6-2-3-7-13(12)11-17(15)18;1-18-16-9-5-4-8-14(16)15-11-10-12-6-2-3-7-13(12)17(15)18;1-18-15-9-5-4-8-14(15)17-13-7-3-2-6-12(13)10-11-16(17)18;;;;;;/h1-21H;2*1-15H;3*2-11H,1H3;6*1H4. The molecule has 0 bridgehead atoms. The maximum atomic E-state index is 2.38. The molecule has 6 heteroatoms. The van der Waals surface area contributed by atoms with Crippen LogP contribution in [0.15, 0.2) is 491 Å². The van der Waals surface area contributed by atoms with Crippen molar-refractivity contribution in [2.24, 2.45) is 21.1 Å². The van der Waals surface area contributed by atoms with Crippen LogP contribution in [0.2, 0.25) is 0 Å². The van der Waals surface area contributed by atoms with Gasteiger partial charge in [-0.25, -0.2) is 0 Å². The summed E-state index contributed by atoms with van der Waals surface area (Å²) in [6, 6.07) is 175. The van der Waals surface area contributed by atoms with Crippen molar-refractivity contribution < 1.29 is 0 Å². The van der Waals surface area contributed by atoms with E-state index in [1.807, 2.05) is 0 Å². The van der Waals surface area contributed by atoms with Gasteiger partial charge in [0.05, 0.1) is 38.6 Å². The zero-order chi connectivity index (χ0) is 87.4. The monoisotopic (exact) mass is 1770 g/mol. The van der Waals surface area contributed by atoms with Crippen LogP contribution in [0.3, 0.4) is 0 Å². The van der Waals surface area contributed by atoms with Crippen LogP contribution < -0.4 is 0 Å². The van der Waals surface area contributed by atoms with Gasteiger partial charge >= 0.3 is 0 Å². The van der Waals surface area contributed by atoms with E-state index in [0.717, 1.165) is 0 Å². The molecule has 0 amide bonds. The van der Waals surface area contributed by atoms with E-state index < -0.39 is 0 Å². The molecular weight excluding hydrogens is 1660 g/mol. The van der Waals surface area contributed by atoms with Crippen molar-refractivity contribution in [1.82, 2.24) is 27.4 Å². The number of rotatable bonds is 5. The Hall–Kier alpha value is -17.1. The van der Waals surface area contributed by atoms with Gasteiger partial charge in [-0.15, -0.1) is 0 Å². The Morgan fingerprint density at radius 1 is 0.131 bits per heavy atom. The van der Waals surface area contributed by atoms with Crippen molar-refractivity contribution in [3.05, 3.63) is 491 Å². The summed E-state index contributed by atoms with van der Waals surface area (Å²) >= 11 is 0. The maximum absolute atomic E-state index is 2.38. The predicted molar refractivity (Wildman–Crippen MR) is 602 cm³/mol. The molecule has 0 aliphatic rings. The molecule has 0 fully saturated rings. The largest absolute Gasteiger partial charge is 0.344 e. The summed E-state index contributed by atoms with van der Waals surface area (Å²) in [7, 11) is 6.43. The highest BCUT2D eigenvalue weighted by molar-refractivity contribution is 6.24. The molecule has 0 N–H and O–H groups in total. The van der Waals surface area contributed by atoms with Gasteiger partial charge in [0.15, 0.2) is 0 Å².